The van der Waals surface area contributed by atoms with Gasteiger partial charge in [0.25, 0.3) is 5.91 Å². The number of nitrogens with one attached hydrogen (secondary N) is 1. The second kappa shape index (κ2) is 9.75. The highest BCUT2D eigenvalue weighted by Crippen LogP contribution is 2.23. The summed E-state index contributed by atoms with van der Waals surface area (Å²) in [4.78, 5) is 27.9. The maximum Gasteiger partial charge on any atom is 0.254 e. The number of pyridine rings is 1. The van der Waals surface area contributed by atoms with Gasteiger partial charge in [0.2, 0.25) is 5.95 Å². The minimum Gasteiger partial charge on any atom is -0.379 e. The smallest absolute Gasteiger partial charge is 0.254 e. The van der Waals surface area contributed by atoms with Crippen LogP contribution in [0.15, 0.2) is 79.4 Å². The van der Waals surface area contributed by atoms with Gasteiger partial charge in [-0.15, -0.1) is 0 Å². The number of ether oxygens (including phenoxy) is 1. The Balaban J connectivity index is 1.32. The molecule has 3 heterocycles. The summed E-state index contributed by atoms with van der Waals surface area (Å²) in [6.07, 6.45) is 7.91. The summed E-state index contributed by atoms with van der Waals surface area (Å²) in [5.41, 5.74) is 2.64. The summed E-state index contributed by atoms with van der Waals surface area (Å²) in [7, 11) is 0. The van der Waals surface area contributed by atoms with Crippen LogP contribution in [0.3, 0.4) is 0 Å². The van der Waals surface area contributed by atoms with Gasteiger partial charge < -0.3 is 15.0 Å². The molecule has 0 spiro atoms. The lowest BCUT2D eigenvalue weighted by molar-refractivity contribution is 0.0737. The Kier molecular flexibility index (Phi) is 6.21. The number of nitrogens with zero attached hydrogens (tertiary/aromatic N) is 4. The van der Waals surface area contributed by atoms with Crippen LogP contribution in [0.25, 0.3) is 10.8 Å². The molecule has 1 amide bonds. The monoisotopic (exact) mass is 439 g/mol. The topological polar surface area (TPSA) is 80.2 Å². The van der Waals surface area contributed by atoms with Crippen molar-refractivity contribution in [2.75, 3.05) is 31.6 Å². The van der Waals surface area contributed by atoms with E-state index in [1.807, 2.05) is 47.6 Å². The molecule has 7 heteroatoms. The van der Waals surface area contributed by atoms with E-state index in [9.17, 15) is 4.79 Å². The number of rotatable bonds is 5. The largest absolute Gasteiger partial charge is 0.379 e. The number of amides is 1. The fourth-order valence-electron chi connectivity index (χ4n) is 4.26. The highest BCUT2D eigenvalue weighted by Gasteiger charge is 2.24. The number of anilines is 2. The van der Waals surface area contributed by atoms with Gasteiger partial charge in [-0.3, -0.25) is 9.78 Å². The molecule has 1 N–H and O–H groups in total. The molecule has 7 nitrogen and oxygen atoms in total. The van der Waals surface area contributed by atoms with Gasteiger partial charge >= 0.3 is 0 Å². The molecule has 4 aromatic rings. The zero-order chi connectivity index (χ0) is 22.5. The van der Waals surface area contributed by atoms with Crippen molar-refractivity contribution in [3.05, 3.63) is 90.5 Å². The summed E-state index contributed by atoms with van der Waals surface area (Å²) < 4.78 is 5.87. The van der Waals surface area contributed by atoms with E-state index in [1.165, 1.54) is 10.9 Å². The Hall–Kier alpha value is -3.84. The van der Waals surface area contributed by atoms with E-state index in [4.69, 9.17) is 4.74 Å². The third kappa shape index (κ3) is 4.99. The zero-order valence-electron chi connectivity index (χ0n) is 18.2. The minimum absolute atomic E-state index is 0.00252. The van der Waals surface area contributed by atoms with Crippen molar-refractivity contribution >= 4 is 28.3 Å². The van der Waals surface area contributed by atoms with Crippen molar-refractivity contribution in [3.63, 3.8) is 0 Å². The van der Waals surface area contributed by atoms with Crippen LogP contribution < -0.4 is 5.32 Å². The van der Waals surface area contributed by atoms with Gasteiger partial charge in [-0.2, -0.15) is 0 Å². The van der Waals surface area contributed by atoms with E-state index < -0.39 is 0 Å². The zero-order valence-corrected chi connectivity index (χ0v) is 18.2. The summed E-state index contributed by atoms with van der Waals surface area (Å²) in [5, 5.41) is 5.48. The number of aromatic nitrogens is 3. The summed E-state index contributed by atoms with van der Waals surface area (Å²) in [5.74, 6) is 0.707. The molecular weight excluding hydrogens is 414 g/mol. The maximum atomic E-state index is 13.4. The fourth-order valence-corrected chi connectivity index (χ4v) is 4.26. The lowest BCUT2D eigenvalue weighted by atomic mass is 9.95. The van der Waals surface area contributed by atoms with Crippen LogP contribution in [0.4, 0.5) is 11.6 Å². The predicted molar refractivity (Wildman–Crippen MR) is 127 cm³/mol. The Morgan fingerprint density at radius 3 is 2.85 bits per heavy atom. The van der Waals surface area contributed by atoms with Crippen LogP contribution >= 0.6 is 0 Å². The third-order valence-electron chi connectivity index (χ3n) is 5.84. The molecule has 33 heavy (non-hydrogen) atoms. The molecule has 1 atom stereocenters. The first-order chi connectivity index (χ1) is 16.3. The molecule has 166 valence electrons. The van der Waals surface area contributed by atoms with Gasteiger partial charge in [-0.25, -0.2) is 9.97 Å². The van der Waals surface area contributed by atoms with Crippen LogP contribution in [0, 0.1) is 5.92 Å². The van der Waals surface area contributed by atoms with Gasteiger partial charge in [0.1, 0.15) is 0 Å². The predicted octanol–water partition coefficient (Wildman–Crippen LogP) is 4.10. The van der Waals surface area contributed by atoms with E-state index in [0.29, 0.717) is 37.8 Å². The highest BCUT2D eigenvalue weighted by molar-refractivity contribution is 5.95. The molecule has 5 rings (SSSR count). The molecule has 1 unspecified atom stereocenters. The molecule has 0 radical (unpaired) electrons. The molecule has 0 bridgehead atoms. The average molecular weight is 440 g/mol. The normalized spacial score (nSPS) is 16.4. The minimum atomic E-state index is 0.00252. The van der Waals surface area contributed by atoms with Crippen LogP contribution in [0.5, 0.6) is 0 Å². The quantitative estimate of drug-likeness (QED) is 0.504. The molecule has 1 aliphatic heterocycles. The third-order valence-corrected chi connectivity index (χ3v) is 5.84. The van der Waals surface area contributed by atoms with Gasteiger partial charge in [0.15, 0.2) is 0 Å². The van der Waals surface area contributed by atoms with E-state index in [0.717, 1.165) is 17.5 Å². The van der Waals surface area contributed by atoms with Gasteiger partial charge in [-0.1, -0.05) is 24.3 Å². The SMILES string of the molecule is O=C(c1cccc(Nc2ncccn2)c1)N1CCOCC(Cc2cccc3ccncc23)C1. The number of carbonyl (C=O) groups excluding carboxylic acids is 1. The molecular formula is C26H25N5O2. The first kappa shape index (κ1) is 21.0. The lowest BCUT2D eigenvalue weighted by Crippen LogP contribution is -2.36. The van der Waals surface area contributed by atoms with Gasteiger partial charge in [0.05, 0.1) is 13.2 Å². The van der Waals surface area contributed by atoms with Crippen molar-refractivity contribution in [1.82, 2.24) is 19.9 Å². The number of carbonyl (C=O) groups is 1. The Bertz CT molecular complexity index is 1240. The summed E-state index contributed by atoms with van der Waals surface area (Å²) >= 11 is 0. The van der Waals surface area contributed by atoms with Crippen LogP contribution in [0.1, 0.15) is 15.9 Å². The molecule has 0 aliphatic carbocycles. The number of fused-ring (bicyclic) bond motifs is 1. The molecule has 2 aromatic heterocycles. The number of hydrogen-bond donors (Lipinski definition) is 1. The van der Waals surface area contributed by atoms with E-state index in [1.54, 1.807) is 18.5 Å². The van der Waals surface area contributed by atoms with Crippen molar-refractivity contribution in [3.8, 4) is 0 Å². The van der Waals surface area contributed by atoms with Crippen LogP contribution in [-0.2, 0) is 11.2 Å². The Morgan fingerprint density at radius 2 is 1.94 bits per heavy atom. The standard InChI is InChI=1S/C26H25N5O2/c32-25(22-6-2-7-23(15-22)30-26-28-9-3-10-29-26)31-12-13-33-18-19(17-31)14-21-5-1-4-20-8-11-27-16-24(20)21/h1-11,15-16,19H,12-14,17-18H2,(H,28,29,30). The lowest BCUT2D eigenvalue weighted by Gasteiger charge is -2.24. The number of benzene rings is 2. The molecule has 1 fully saturated rings. The molecule has 2 aromatic carbocycles. The average Bonchev–Trinajstić information content (AvgIpc) is 3.10. The van der Waals surface area contributed by atoms with Crippen molar-refractivity contribution in [2.45, 2.75) is 6.42 Å². The van der Waals surface area contributed by atoms with Gasteiger partial charge in [-0.05, 0) is 47.7 Å². The van der Waals surface area contributed by atoms with Crippen LogP contribution in [-0.4, -0.2) is 52.1 Å². The fraction of sp³-hybridized carbons (Fsp3) is 0.231. The second-order valence-electron chi connectivity index (χ2n) is 8.19. The van der Waals surface area contributed by atoms with Crippen LogP contribution in [0.2, 0.25) is 0 Å². The molecule has 1 saturated heterocycles. The maximum absolute atomic E-state index is 13.4. The second-order valence-corrected chi connectivity index (χ2v) is 8.19. The van der Waals surface area contributed by atoms with Crippen molar-refractivity contribution in [2.24, 2.45) is 5.92 Å². The first-order valence-electron chi connectivity index (χ1n) is 11.1. The summed E-state index contributed by atoms with van der Waals surface area (Å²) in [6.45, 7) is 2.39. The Morgan fingerprint density at radius 1 is 1.06 bits per heavy atom. The summed E-state index contributed by atoms with van der Waals surface area (Å²) in [6, 6.07) is 17.6. The number of hydrogen-bond acceptors (Lipinski definition) is 6. The molecule has 0 saturated carbocycles. The van der Waals surface area contributed by atoms with E-state index >= 15 is 0 Å². The van der Waals surface area contributed by atoms with Gasteiger partial charge in [0, 0.05) is 60.4 Å². The van der Waals surface area contributed by atoms with E-state index in [-0.39, 0.29) is 11.8 Å². The Labute approximate surface area is 192 Å². The first-order valence-corrected chi connectivity index (χ1v) is 11.1. The van der Waals surface area contributed by atoms with Crippen molar-refractivity contribution < 1.29 is 9.53 Å². The molecule has 1 aliphatic rings. The van der Waals surface area contributed by atoms with E-state index in [2.05, 4.69) is 38.5 Å². The van der Waals surface area contributed by atoms with Crippen molar-refractivity contribution in [1.29, 1.82) is 0 Å². The highest BCUT2D eigenvalue weighted by atomic mass is 16.5.